The van der Waals surface area contributed by atoms with E-state index in [1.807, 2.05) is 0 Å². The van der Waals surface area contributed by atoms with Crippen LogP contribution in [-0.4, -0.2) is 18.0 Å². The van der Waals surface area contributed by atoms with E-state index in [1.54, 1.807) is 0 Å². The summed E-state index contributed by atoms with van der Waals surface area (Å²) >= 11 is 0. The fourth-order valence-corrected chi connectivity index (χ4v) is 2.56. The summed E-state index contributed by atoms with van der Waals surface area (Å²) in [5, 5.41) is 3.05. The van der Waals surface area contributed by atoms with E-state index in [0.717, 1.165) is 25.7 Å². The average Bonchev–Trinajstić information content (AvgIpc) is 2.23. The van der Waals surface area contributed by atoms with Crippen LogP contribution < -0.4 is 11.1 Å². The Morgan fingerprint density at radius 1 is 1.07 bits per heavy atom. The number of carbonyl (C=O) groups excluding carboxylic acids is 1. The monoisotopic (exact) mass is 210 g/mol. The number of hydrogen-bond donors (Lipinski definition) is 2. The first-order chi connectivity index (χ1) is 7.27. The molecule has 86 valence electrons. The van der Waals surface area contributed by atoms with Gasteiger partial charge in [-0.3, -0.25) is 4.79 Å². The molecule has 15 heavy (non-hydrogen) atoms. The summed E-state index contributed by atoms with van der Waals surface area (Å²) in [6.07, 6.45) is 9.62. The second kappa shape index (κ2) is 4.97. The van der Waals surface area contributed by atoms with Crippen molar-refractivity contribution < 1.29 is 4.79 Å². The standard InChI is InChI=1S/C12H22N2O/c13-11(9-5-2-1-3-6-9)12(15)14-10-7-4-8-10/h9-11H,1-8,13H2,(H,14,15)/t11-/m0/s1. The van der Waals surface area contributed by atoms with E-state index in [2.05, 4.69) is 5.32 Å². The van der Waals surface area contributed by atoms with E-state index in [1.165, 1.54) is 25.7 Å². The summed E-state index contributed by atoms with van der Waals surface area (Å²) in [6, 6.07) is 0.165. The Morgan fingerprint density at radius 2 is 1.73 bits per heavy atom. The van der Waals surface area contributed by atoms with Gasteiger partial charge in [0, 0.05) is 6.04 Å². The maximum absolute atomic E-state index is 11.8. The van der Waals surface area contributed by atoms with Gasteiger partial charge in [0.1, 0.15) is 0 Å². The van der Waals surface area contributed by atoms with E-state index < -0.39 is 0 Å². The smallest absolute Gasteiger partial charge is 0.237 e. The lowest BCUT2D eigenvalue weighted by Gasteiger charge is -2.31. The van der Waals surface area contributed by atoms with Gasteiger partial charge in [0.2, 0.25) is 5.91 Å². The van der Waals surface area contributed by atoms with Crippen LogP contribution in [0.2, 0.25) is 0 Å². The molecule has 0 unspecified atom stereocenters. The van der Waals surface area contributed by atoms with Crippen molar-refractivity contribution in [2.45, 2.75) is 63.5 Å². The lowest BCUT2D eigenvalue weighted by Crippen LogP contribution is -2.51. The van der Waals surface area contributed by atoms with Crippen molar-refractivity contribution in [3.05, 3.63) is 0 Å². The third-order valence-electron chi connectivity index (χ3n) is 3.91. The predicted molar refractivity (Wildman–Crippen MR) is 60.3 cm³/mol. The van der Waals surface area contributed by atoms with E-state index in [0.29, 0.717) is 12.0 Å². The second-order valence-corrected chi connectivity index (χ2v) is 5.06. The zero-order chi connectivity index (χ0) is 10.7. The van der Waals surface area contributed by atoms with Crippen LogP contribution in [0, 0.1) is 5.92 Å². The Bertz CT molecular complexity index is 220. The summed E-state index contributed by atoms with van der Waals surface area (Å²) in [5.74, 6) is 0.519. The molecule has 0 bridgehead atoms. The topological polar surface area (TPSA) is 55.1 Å². The lowest BCUT2D eigenvalue weighted by atomic mass is 9.83. The summed E-state index contributed by atoms with van der Waals surface area (Å²) in [6.45, 7) is 0. The molecule has 0 aromatic heterocycles. The summed E-state index contributed by atoms with van der Waals surface area (Å²) in [4.78, 5) is 11.8. The van der Waals surface area contributed by atoms with Gasteiger partial charge in [-0.1, -0.05) is 19.3 Å². The maximum Gasteiger partial charge on any atom is 0.237 e. The number of nitrogens with two attached hydrogens (primary N) is 1. The third-order valence-corrected chi connectivity index (χ3v) is 3.91. The normalized spacial score (nSPS) is 25.7. The molecule has 2 aliphatic carbocycles. The molecule has 3 N–H and O–H groups in total. The van der Waals surface area contributed by atoms with Gasteiger partial charge >= 0.3 is 0 Å². The summed E-state index contributed by atoms with van der Waals surface area (Å²) < 4.78 is 0. The minimum Gasteiger partial charge on any atom is -0.352 e. The van der Waals surface area contributed by atoms with Crippen LogP contribution in [0.1, 0.15) is 51.4 Å². The molecule has 1 amide bonds. The Labute approximate surface area is 91.8 Å². The van der Waals surface area contributed by atoms with E-state index in [-0.39, 0.29) is 11.9 Å². The van der Waals surface area contributed by atoms with Gasteiger partial charge < -0.3 is 11.1 Å². The second-order valence-electron chi connectivity index (χ2n) is 5.06. The highest BCUT2D eigenvalue weighted by Crippen LogP contribution is 2.26. The highest BCUT2D eigenvalue weighted by Gasteiger charge is 2.28. The minimum atomic E-state index is -0.258. The van der Waals surface area contributed by atoms with Crippen molar-refractivity contribution in [3.63, 3.8) is 0 Å². The van der Waals surface area contributed by atoms with Crippen LogP contribution in [0.3, 0.4) is 0 Å². The van der Waals surface area contributed by atoms with Crippen LogP contribution in [0.25, 0.3) is 0 Å². The van der Waals surface area contributed by atoms with Crippen LogP contribution in [0.15, 0.2) is 0 Å². The molecule has 0 aromatic rings. The average molecular weight is 210 g/mol. The number of nitrogens with one attached hydrogen (secondary N) is 1. The molecule has 0 saturated heterocycles. The molecule has 0 heterocycles. The number of amides is 1. The molecule has 2 saturated carbocycles. The van der Waals surface area contributed by atoms with Gasteiger partial charge in [0.05, 0.1) is 6.04 Å². The van der Waals surface area contributed by atoms with Crippen molar-refractivity contribution in [3.8, 4) is 0 Å². The van der Waals surface area contributed by atoms with E-state index >= 15 is 0 Å². The van der Waals surface area contributed by atoms with Crippen LogP contribution in [-0.2, 0) is 4.79 Å². The first kappa shape index (κ1) is 10.9. The van der Waals surface area contributed by atoms with Gasteiger partial charge in [0.15, 0.2) is 0 Å². The summed E-state index contributed by atoms with van der Waals surface area (Å²) in [7, 11) is 0. The molecular formula is C12H22N2O. The largest absolute Gasteiger partial charge is 0.352 e. The molecule has 1 atom stereocenters. The molecule has 3 nitrogen and oxygen atoms in total. The quantitative estimate of drug-likeness (QED) is 0.742. The molecule has 2 rings (SSSR count). The van der Waals surface area contributed by atoms with Gasteiger partial charge in [-0.25, -0.2) is 0 Å². The first-order valence-corrected chi connectivity index (χ1v) is 6.33. The van der Waals surface area contributed by atoms with Crippen molar-refractivity contribution in [1.82, 2.24) is 5.32 Å². The molecular weight excluding hydrogens is 188 g/mol. The van der Waals surface area contributed by atoms with Gasteiger partial charge in [-0.15, -0.1) is 0 Å². The lowest BCUT2D eigenvalue weighted by molar-refractivity contribution is -0.125. The first-order valence-electron chi connectivity index (χ1n) is 6.33. The summed E-state index contributed by atoms with van der Waals surface area (Å²) in [5.41, 5.74) is 6.01. The van der Waals surface area contributed by atoms with E-state index in [4.69, 9.17) is 5.73 Å². The highest BCUT2D eigenvalue weighted by molar-refractivity contribution is 5.82. The molecule has 0 radical (unpaired) electrons. The minimum absolute atomic E-state index is 0.0894. The molecule has 3 heteroatoms. The fourth-order valence-electron chi connectivity index (χ4n) is 2.56. The van der Waals surface area contributed by atoms with Gasteiger partial charge in [0.25, 0.3) is 0 Å². The molecule has 0 aromatic carbocycles. The van der Waals surface area contributed by atoms with Crippen LogP contribution in [0.5, 0.6) is 0 Å². The third kappa shape index (κ3) is 2.71. The Morgan fingerprint density at radius 3 is 2.27 bits per heavy atom. The number of hydrogen-bond acceptors (Lipinski definition) is 2. The highest BCUT2D eigenvalue weighted by atomic mass is 16.2. The van der Waals surface area contributed by atoms with Gasteiger partial charge in [-0.2, -0.15) is 0 Å². The molecule has 0 aliphatic heterocycles. The number of carbonyl (C=O) groups is 1. The Balaban J connectivity index is 1.77. The molecule has 2 fully saturated rings. The van der Waals surface area contributed by atoms with Crippen molar-refractivity contribution in [2.24, 2.45) is 11.7 Å². The van der Waals surface area contributed by atoms with Crippen molar-refractivity contribution >= 4 is 5.91 Å². The number of rotatable bonds is 3. The van der Waals surface area contributed by atoms with Crippen molar-refractivity contribution in [1.29, 1.82) is 0 Å². The van der Waals surface area contributed by atoms with Gasteiger partial charge in [-0.05, 0) is 38.0 Å². The van der Waals surface area contributed by atoms with Crippen molar-refractivity contribution in [2.75, 3.05) is 0 Å². The predicted octanol–water partition coefficient (Wildman–Crippen LogP) is 1.56. The SMILES string of the molecule is N[C@H](C(=O)NC1CCC1)C1CCCCC1. The molecule has 2 aliphatic rings. The zero-order valence-corrected chi connectivity index (χ0v) is 9.37. The maximum atomic E-state index is 11.8. The fraction of sp³-hybridized carbons (Fsp3) is 0.917. The van der Waals surface area contributed by atoms with Crippen LogP contribution >= 0.6 is 0 Å². The Kier molecular flexibility index (Phi) is 3.62. The Hall–Kier alpha value is -0.570. The van der Waals surface area contributed by atoms with Crippen LogP contribution in [0.4, 0.5) is 0 Å². The molecule has 0 spiro atoms. The zero-order valence-electron chi connectivity index (χ0n) is 9.37. The van der Waals surface area contributed by atoms with E-state index in [9.17, 15) is 4.79 Å².